The molecule has 0 fully saturated rings. The van der Waals surface area contributed by atoms with Gasteiger partial charge in [0.15, 0.2) is 0 Å². The lowest BCUT2D eigenvalue weighted by atomic mass is 10.2. The lowest BCUT2D eigenvalue weighted by Gasteiger charge is -2.10. The molecule has 0 spiro atoms. The Morgan fingerprint density at radius 2 is 2.00 bits per heavy atom. The van der Waals surface area contributed by atoms with Gasteiger partial charge in [-0.2, -0.15) is 0 Å². The van der Waals surface area contributed by atoms with Crippen LogP contribution in [-0.4, -0.2) is 23.6 Å². The first-order chi connectivity index (χ1) is 6.93. The average Bonchev–Trinajstić information content (AvgIpc) is 2.15. The predicted molar refractivity (Wildman–Crippen MR) is 57.9 cm³/mol. The van der Waals surface area contributed by atoms with Crippen molar-refractivity contribution in [3.05, 3.63) is 23.2 Å². The first-order valence-electron chi connectivity index (χ1n) is 4.41. The number of sulfonamides is 1. The van der Waals surface area contributed by atoms with E-state index in [9.17, 15) is 8.42 Å². The molecule has 0 aromatic carbocycles. The molecule has 1 atom stereocenters. The van der Waals surface area contributed by atoms with E-state index in [1.807, 2.05) is 0 Å². The van der Waals surface area contributed by atoms with E-state index < -0.39 is 15.3 Å². The summed E-state index contributed by atoms with van der Waals surface area (Å²) in [7, 11) is -3.54. The Hall–Kier alpha value is -0.720. The van der Waals surface area contributed by atoms with Gasteiger partial charge in [-0.25, -0.2) is 23.5 Å². The largest absolute Gasteiger partial charge is 0.240 e. The van der Waals surface area contributed by atoms with E-state index in [0.29, 0.717) is 17.3 Å². The first-order valence-corrected chi connectivity index (χ1v) is 6.40. The number of nitrogens with zero attached hydrogens (tertiary/aromatic N) is 2. The molecule has 0 aliphatic carbocycles. The Morgan fingerprint density at radius 1 is 1.47 bits per heavy atom. The molecule has 84 valence electrons. The molecule has 1 rings (SSSR count). The van der Waals surface area contributed by atoms with Crippen molar-refractivity contribution < 1.29 is 8.42 Å². The third-order valence-electron chi connectivity index (χ3n) is 2.00. The average molecular weight is 250 g/mol. The number of hydrogen-bond donors (Lipinski definition) is 1. The van der Waals surface area contributed by atoms with Crippen LogP contribution in [-0.2, 0) is 16.4 Å². The van der Waals surface area contributed by atoms with Gasteiger partial charge in [0.2, 0.25) is 10.0 Å². The van der Waals surface area contributed by atoms with E-state index >= 15 is 0 Å². The minimum absolute atomic E-state index is 0.215. The van der Waals surface area contributed by atoms with Crippen LogP contribution < -0.4 is 5.14 Å². The summed E-state index contributed by atoms with van der Waals surface area (Å²) in [5, 5.41) is 4.84. The summed E-state index contributed by atoms with van der Waals surface area (Å²) in [6.45, 7) is 1.75. The Balaban J connectivity index is 2.80. The first kappa shape index (κ1) is 12.4. The molecule has 0 aliphatic heterocycles. The number of halogens is 1. The number of nitrogens with two attached hydrogens (primary N) is 1. The fraction of sp³-hybridized carbons (Fsp3) is 0.500. The van der Waals surface area contributed by atoms with Crippen LogP contribution in [0.15, 0.2) is 12.4 Å². The topological polar surface area (TPSA) is 85.9 Å². The fourth-order valence-electron chi connectivity index (χ4n) is 1.14. The Labute approximate surface area is 93.7 Å². The van der Waals surface area contributed by atoms with Crippen LogP contribution in [0.5, 0.6) is 0 Å². The smallest absolute Gasteiger partial charge is 0.212 e. The predicted octanol–water partition coefficient (Wildman–Crippen LogP) is 0.740. The van der Waals surface area contributed by atoms with Gasteiger partial charge in [0, 0.05) is 18.8 Å². The Kier molecular flexibility index (Phi) is 4.01. The highest BCUT2D eigenvalue weighted by Gasteiger charge is 2.20. The summed E-state index contributed by atoms with van der Waals surface area (Å²) in [6.07, 6.45) is 3.51. The van der Waals surface area contributed by atoms with Crippen LogP contribution in [0.2, 0.25) is 5.02 Å². The Morgan fingerprint density at radius 3 is 2.40 bits per heavy atom. The maximum absolute atomic E-state index is 11.1. The molecule has 0 radical (unpaired) electrons. The minimum Gasteiger partial charge on any atom is -0.240 e. The second kappa shape index (κ2) is 4.87. The van der Waals surface area contributed by atoms with E-state index in [0.717, 1.165) is 0 Å². The van der Waals surface area contributed by atoms with Gasteiger partial charge in [0.25, 0.3) is 0 Å². The Bertz CT molecular complexity index is 418. The van der Waals surface area contributed by atoms with Crippen molar-refractivity contribution in [2.75, 3.05) is 0 Å². The summed E-state index contributed by atoms with van der Waals surface area (Å²) in [5.41, 5.74) is 0. The summed E-state index contributed by atoms with van der Waals surface area (Å²) < 4.78 is 22.3. The van der Waals surface area contributed by atoms with Crippen molar-refractivity contribution in [1.29, 1.82) is 0 Å². The molecule has 1 aromatic rings. The monoisotopic (exact) mass is 249 g/mol. The molecule has 5 nitrogen and oxygen atoms in total. The normalized spacial score (nSPS) is 13.8. The van der Waals surface area contributed by atoms with Gasteiger partial charge in [-0.05, 0) is 6.42 Å². The second-order valence-electron chi connectivity index (χ2n) is 3.14. The third-order valence-corrected chi connectivity index (χ3v) is 3.63. The summed E-state index contributed by atoms with van der Waals surface area (Å²) >= 11 is 5.60. The third kappa shape index (κ3) is 3.73. The van der Waals surface area contributed by atoms with Crippen LogP contribution >= 0.6 is 11.6 Å². The van der Waals surface area contributed by atoms with E-state index in [2.05, 4.69) is 9.97 Å². The molecule has 1 aromatic heterocycles. The highest BCUT2D eigenvalue weighted by Crippen LogP contribution is 2.09. The zero-order valence-corrected chi connectivity index (χ0v) is 9.79. The highest BCUT2D eigenvalue weighted by atomic mass is 35.5. The molecule has 0 amide bonds. The van der Waals surface area contributed by atoms with Crippen LogP contribution in [0.4, 0.5) is 0 Å². The van der Waals surface area contributed by atoms with Crippen molar-refractivity contribution in [1.82, 2.24) is 9.97 Å². The van der Waals surface area contributed by atoms with Gasteiger partial charge in [-0.3, -0.25) is 0 Å². The van der Waals surface area contributed by atoms with Crippen molar-refractivity contribution >= 4 is 21.6 Å². The van der Waals surface area contributed by atoms with E-state index in [4.69, 9.17) is 16.7 Å². The molecular weight excluding hydrogens is 238 g/mol. The van der Waals surface area contributed by atoms with Gasteiger partial charge in [-0.1, -0.05) is 18.5 Å². The van der Waals surface area contributed by atoms with Gasteiger partial charge in [0.05, 0.1) is 10.3 Å². The zero-order valence-electron chi connectivity index (χ0n) is 8.22. The van der Waals surface area contributed by atoms with Crippen LogP contribution in [0.25, 0.3) is 0 Å². The molecule has 0 saturated heterocycles. The molecule has 2 N–H and O–H groups in total. The van der Waals surface area contributed by atoms with E-state index in [1.54, 1.807) is 6.92 Å². The van der Waals surface area contributed by atoms with Crippen molar-refractivity contribution in [3.8, 4) is 0 Å². The summed E-state index contributed by atoms with van der Waals surface area (Å²) in [6, 6.07) is 0. The quantitative estimate of drug-likeness (QED) is 0.853. The second-order valence-corrected chi connectivity index (χ2v) is 5.42. The van der Waals surface area contributed by atoms with Crippen molar-refractivity contribution in [2.24, 2.45) is 5.14 Å². The molecule has 1 heterocycles. The van der Waals surface area contributed by atoms with Crippen LogP contribution in [0, 0.1) is 0 Å². The van der Waals surface area contributed by atoms with Gasteiger partial charge in [0.1, 0.15) is 5.82 Å². The van der Waals surface area contributed by atoms with Crippen LogP contribution in [0.1, 0.15) is 19.2 Å². The summed E-state index contributed by atoms with van der Waals surface area (Å²) in [5.74, 6) is 0.431. The molecule has 0 aliphatic rings. The molecular formula is C8H12ClN3O2S. The molecule has 0 bridgehead atoms. The lowest BCUT2D eigenvalue weighted by Crippen LogP contribution is -2.30. The number of aromatic nitrogens is 2. The number of primary sulfonamides is 1. The number of rotatable bonds is 4. The maximum atomic E-state index is 11.1. The standard InChI is InChI=1S/C8H12ClN3O2S/c1-2-7(15(10,13)14)3-8-11-4-6(9)5-12-8/h4-5,7H,2-3H2,1H3,(H2,10,13,14). The van der Waals surface area contributed by atoms with Gasteiger partial charge in [-0.15, -0.1) is 0 Å². The van der Waals surface area contributed by atoms with Gasteiger partial charge < -0.3 is 0 Å². The maximum Gasteiger partial charge on any atom is 0.212 e. The number of hydrogen-bond acceptors (Lipinski definition) is 4. The van der Waals surface area contributed by atoms with E-state index in [-0.39, 0.29) is 6.42 Å². The van der Waals surface area contributed by atoms with Crippen molar-refractivity contribution in [3.63, 3.8) is 0 Å². The molecule has 15 heavy (non-hydrogen) atoms. The highest BCUT2D eigenvalue weighted by molar-refractivity contribution is 7.89. The molecule has 1 unspecified atom stereocenters. The fourth-order valence-corrected chi connectivity index (χ4v) is 2.08. The van der Waals surface area contributed by atoms with Gasteiger partial charge >= 0.3 is 0 Å². The van der Waals surface area contributed by atoms with Crippen molar-refractivity contribution in [2.45, 2.75) is 25.0 Å². The summed E-state index contributed by atoms with van der Waals surface area (Å²) in [4.78, 5) is 7.83. The van der Waals surface area contributed by atoms with E-state index in [1.165, 1.54) is 12.4 Å². The SMILES string of the molecule is CCC(Cc1ncc(Cl)cn1)S(N)(=O)=O. The molecule has 0 saturated carbocycles. The zero-order chi connectivity index (χ0) is 11.5. The molecule has 7 heteroatoms. The van der Waals surface area contributed by atoms with Crippen LogP contribution in [0.3, 0.4) is 0 Å². The lowest BCUT2D eigenvalue weighted by molar-refractivity contribution is 0.572. The minimum atomic E-state index is -3.54.